The van der Waals surface area contributed by atoms with Gasteiger partial charge in [-0.15, -0.1) is 0 Å². The summed E-state index contributed by atoms with van der Waals surface area (Å²) in [5, 5.41) is 59.0. The molecular formula is C24H46O8. The molecule has 0 saturated heterocycles. The van der Waals surface area contributed by atoms with Crippen molar-refractivity contribution in [3.63, 3.8) is 0 Å². The van der Waals surface area contributed by atoms with Crippen LogP contribution in [0.1, 0.15) is 110 Å². The van der Waals surface area contributed by atoms with Crippen molar-refractivity contribution in [2.45, 2.75) is 146 Å². The quantitative estimate of drug-likeness (QED) is 0.110. The highest BCUT2D eigenvalue weighted by atomic mass is 16.7. The average molecular weight is 463 g/mol. The third kappa shape index (κ3) is 9.61. The molecule has 6 N–H and O–H groups in total. The minimum Gasteiger partial charge on any atom is -0.427 e. The third-order valence-electron chi connectivity index (χ3n) is 6.46. The first-order chi connectivity index (χ1) is 15.3. The maximum Gasteiger partial charge on any atom is 0.308 e. The van der Waals surface area contributed by atoms with Gasteiger partial charge in [0.15, 0.2) is 12.2 Å². The number of hydrogen-bond acceptors (Lipinski definition) is 8. The Hall–Kier alpha value is -0.770. The van der Waals surface area contributed by atoms with Crippen LogP contribution in [-0.2, 0) is 9.53 Å². The van der Waals surface area contributed by atoms with Crippen molar-refractivity contribution in [3.8, 4) is 0 Å². The molecule has 0 heterocycles. The van der Waals surface area contributed by atoms with E-state index >= 15 is 0 Å². The molecule has 8 nitrogen and oxygen atoms in total. The lowest BCUT2D eigenvalue weighted by Crippen LogP contribution is -2.72. The Morgan fingerprint density at radius 3 is 1.34 bits per heavy atom. The van der Waals surface area contributed by atoms with Gasteiger partial charge < -0.3 is 35.4 Å². The second-order valence-corrected chi connectivity index (χ2v) is 9.29. The first kappa shape index (κ1) is 29.3. The molecule has 0 radical (unpaired) electrons. The zero-order valence-corrected chi connectivity index (χ0v) is 19.7. The summed E-state index contributed by atoms with van der Waals surface area (Å²) < 4.78 is 4.80. The zero-order valence-electron chi connectivity index (χ0n) is 19.7. The van der Waals surface area contributed by atoms with Gasteiger partial charge in [0, 0.05) is 6.42 Å². The zero-order chi connectivity index (χ0) is 24.0. The van der Waals surface area contributed by atoms with Crippen LogP contribution in [0.25, 0.3) is 0 Å². The van der Waals surface area contributed by atoms with Gasteiger partial charge in [0.25, 0.3) is 5.79 Å². The number of rotatable bonds is 17. The van der Waals surface area contributed by atoms with Gasteiger partial charge in [-0.2, -0.15) is 0 Å². The smallest absolute Gasteiger partial charge is 0.308 e. The van der Waals surface area contributed by atoms with E-state index in [1.165, 1.54) is 70.6 Å². The Morgan fingerprint density at radius 2 is 0.969 bits per heavy atom. The molecule has 0 aromatic carbocycles. The van der Waals surface area contributed by atoms with Crippen molar-refractivity contribution in [1.29, 1.82) is 0 Å². The molecule has 0 aromatic rings. The largest absolute Gasteiger partial charge is 0.427 e. The van der Waals surface area contributed by atoms with E-state index in [2.05, 4.69) is 6.92 Å². The number of aliphatic hydroxyl groups is 6. The van der Waals surface area contributed by atoms with E-state index in [4.69, 9.17) is 4.74 Å². The van der Waals surface area contributed by atoms with Crippen molar-refractivity contribution in [3.05, 3.63) is 0 Å². The topological polar surface area (TPSA) is 148 Å². The van der Waals surface area contributed by atoms with Crippen LogP contribution in [0.15, 0.2) is 0 Å². The van der Waals surface area contributed by atoms with E-state index in [9.17, 15) is 35.4 Å². The summed E-state index contributed by atoms with van der Waals surface area (Å²) in [4.78, 5) is 12.0. The van der Waals surface area contributed by atoms with Crippen molar-refractivity contribution >= 4 is 5.97 Å². The highest BCUT2D eigenvalue weighted by molar-refractivity contribution is 5.69. The maximum atomic E-state index is 12.0. The number of unbranched alkanes of at least 4 members (excludes halogenated alkanes) is 14. The Bertz CT molecular complexity index is 484. The van der Waals surface area contributed by atoms with Crippen LogP contribution < -0.4 is 0 Å². The summed E-state index contributed by atoms with van der Waals surface area (Å²) in [5.74, 6) is -3.72. The van der Waals surface area contributed by atoms with Crippen molar-refractivity contribution in [2.24, 2.45) is 0 Å². The van der Waals surface area contributed by atoms with Crippen LogP contribution in [0.5, 0.6) is 0 Å². The van der Waals surface area contributed by atoms with Crippen LogP contribution in [0.4, 0.5) is 0 Å². The second-order valence-electron chi connectivity index (χ2n) is 9.29. The molecule has 2 unspecified atom stereocenters. The van der Waals surface area contributed by atoms with Crippen LogP contribution in [0.2, 0.25) is 0 Å². The van der Waals surface area contributed by atoms with Crippen molar-refractivity contribution in [2.75, 3.05) is 0 Å². The summed E-state index contributed by atoms with van der Waals surface area (Å²) in [6.45, 7) is 2.24. The molecule has 0 amide bonds. The Balaban J connectivity index is 2.05. The lowest BCUT2D eigenvalue weighted by atomic mass is 9.82. The van der Waals surface area contributed by atoms with E-state index in [1.807, 2.05) is 0 Å². The van der Waals surface area contributed by atoms with Gasteiger partial charge in [-0.05, 0) is 6.42 Å². The monoisotopic (exact) mass is 462 g/mol. The number of hydrogen-bond donors (Lipinski definition) is 6. The average Bonchev–Trinajstić information content (AvgIpc) is 2.78. The molecule has 1 aliphatic rings. The van der Waals surface area contributed by atoms with Gasteiger partial charge in [0.2, 0.25) is 0 Å². The summed E-state index contributed by atoms with van der Waals surface area (Å²) in [5.41, 5.74) is 0. The molecule has 1 rings (SSSR count). The Morgan fingerprint density at radius 1 is 0.625 bits per heavy atom. The van der Waals surface area contributed by atoms with Gasteiger partial charge in [-0.25, -0.2) is 0 Å². The fourth-order valence-corrected chi connectivity index (χ4v) is 4.23. The predicted molar refractivity (Wildman–Crippen MR) is 121 cm³/mol. The molecule has 6 atom stereocenters. The first-order valence-electron chi connectivity index (χ1n) is 12.6. The molecule has 8 heteroatoms. The Labute approximate surface area is 192 Å². The van der Waals surface area contributed by atoms with Crippen LogP contribution in [-0.4, -0.2) is 72.9 Å². The molecule has 1 aliphatic carbocycles. The molecule has 190 valence electrons. The van der Waals surface area contributed by atoms with Crippen LogP contribution >= 0.6 is 0 Å². The van der Waals surface area contributed by atoms with Crippen molar-refractivity contribution in [1.82, 2.24) is 0 Å². The number of carbonyl (C=O) groups excluding carboxylic acids is 1. The minimum atomic E-state index is -2.87. The van der Waals surface area contributed by atoms with E-state index in [1.54, 1.807) is 0 Å². The molecule has 0 spiro atoms. The number of esters is 1. The molecular weight excluding hydrogens is 416 g/mol. The number of ether oxygens (including phenoxy) is 1. The van der Waals surface area contributed by atoms with Gasteiger partial charge in [0.05, 0.1) is 0 Å². The molecule has 0 aliphatic heterocycles. The fourth-order valence-electron chi connectivity index (χ4n) is 4.23. The lowest BCUT2D eigenvalue weighted by Gasteiger charge is -2.46. The fraction of sp³-hybridized carbons (Fsp3) is 0.958. The number of aliphatic hydroxyl groups excluding tert-OH is 5. The van der Waals surface area contributed by atoms with Crippen LogP contribution in [0, 0.1) is 0 Å². The third-order valence-corrected chi connectivity index (χ3v) is 6.46. The summed E-state index contributed by atoms with van der Waals surface area (Å²) in [6, 6.07) is 0. The normalized spacial score (nSPS) is 30.4. The summed E-state index contributed by atoms with van der Waals surface area (Å²) >= 11 is 0. The lowest BCUT2D eigenvalue weighted by molar-refractivity contribution is -0.347. The van der Waals surface area contributed by atoms with Crippen LogP contribution in [0.3, 0.4) is 0 Å². The van der Waals surface area contributed by atoms with E-state index in [-0.39, 0.29) is 6.42 Å². The molecule has 0 aromatic heterocycles. The molecule has 1 fully saturated rings. The minimum absolute atomic E-state index is 0.0191. The maximum absolute atomic E-state index is 12.0. The number of carbonyl (C=O) groups is 1. The van der Waals surface area contributed by atoms with Gasteiger partial charge >= 0.3 is 5.97 Å². The van der Waals surface area contributed by atoms with E-state index in [0.717, 1.165) is 19.3 Å². The Kier molecular flexibility index (Phi) is 14.6. The van der Waals surface area contributed by atoms with E-state index in [0.29, 0.717) is 6.42 Å². The molecule has 1 saturated carbocycles. The highest BCUT2D eigenvalue weighted by Gasteiger charge is 2.60. The summed E-state index contributed by atoms with van der Waals surface area (Å²) in [6.07, 6.45) is 7.79. The molecule has 0 bridgehead atoms. The predicted octanol–water partition coefficient (Wildman–Crippen LogP) is 2.30. The van der Waals surface area contributed by atoms with Crippen molar-refractivity contribution < 1.29 is 40.2 Å². The van der Waals surface area contributed by atoms with Gasteiger partial charge in [0.1, 0.15) is 18.3 Å². The standard InChI is InChI=1S/C24H46O8/c1-2-3-4-5-6-7-8-9-10-11-12-13-14-15-16-17-18(25)32-24(31)22(29)20(27)19(26)21(28)23(24)30/h19-23,26-31H,2-17H2,1H3/t19?,20-,21+,22-,23-,24?/m1/s1. The second kappa shape index (κ2) is 16.0. The first-order valence-corrected chi connectivity index (χ1v) is 12.6. The molecule has 32 heavy (non-hydrogen) atoms. The van der Waals surface area contributed by atoms with Gasteiger partial charge in [-0.3, -0.25) is 4.79 Å². The van der Waals surface area contributed by atoms with E-state index < -0.39 is 42.3 Å². The highest BCUT2D eigenvalue weighted by Crippen LogP contribution is 2.32. The SMILES string of the molecule is CCCCCCCCCCCCCCCCCC(=O)OC1(O)[C@H](O)[C@H](O)C(O)[C@H](O)[C@H]1O. The summed E-state index contributed by atoms with van der Waals surface area (Å²) in [7, 11) is 0. The van der Waals surface area contributed by atoms with Gasteiger partial charge in [-0.1, -0.05) is 96.8 Å².